The average Bonchev–Trinajstić information content (AvgIpc) is 3.16. The second kappa shape index (κ2) is 9.96. The first-order valence-corrected chi connectivity index (χ1v) is 10.2. The van der Waals surface area contributed by atoms with Crippen LogP contribution in [0.25, 0.3) is 0 Å². The minimum atomic E-state index is 0.00347. The zero-order valence-corrected chi connectivity index (χ0v) is 17.4. The van der Waals surface area contributed by atoms with Gasteiger partial charge >= 0.3 is 0 Å². The number of guanidine groups is 1. The summed E-state index contributed by atoms with van der Waals surface area (Å²) in [5.74, 6) is 1.74. The van der Waals surface area contributed by atoms with Crippen LogP contribution in [0, 0.1) is 5.92 Å². The fourth-order valence-corrected chi connectivity index (χ4v) is 3.19. The number of fused-ring (bicyclic) bond motifs is 1. The monoisotopic (exact) mass is 394 g/mol. The number of benzene rings is 2. The first kappa shape index (κ1) is 20.7. The highest BCUT2D eigenvalue weighted by molar-refractivity contribution is 5.92. The smallest absolute Gasteiger partial charge is 0.227 e. The fourth-order valence-electron chi connectivity index (χ4n) is 3.19. The standard InChI is InChI=1S/C23H30N4O2/c1-4-16(2)22(28)27-19-10-7-8-17(12-19)14-25-23(24-3)26-15-20-13-18-9-5-6-11-21(18)29-20/h5-12,16,20H,4,13-15H2,1-3H3,(H,27,28)(H2,24,25,26). The number of carbonyl (C=O) groups excluding carboxylic acids is 1. The quantitative estimate of drug-likeness (QED) is 0.497. The van der Waals surface area contributed by atoms with Crippen LogP contribution in [0.2, 0.25) is 0 Å². The van der Waals surface area contributed by atoms with Gasteiger partial charge in [0.05, 0.1) is 6.54 Å². The summed E-state index contributed by atoms with van der Waals surface area (Å²) in [6, 6.07) is 16.0. The van der Waals surface area contributed by atoms with Gasteiger partial charge in [0.15, 0.2) is 5.96 Å². The van der Waals surface area contributed by atoms with Gasteiger partial charge in [0.2, 0.25) is 5.91 Å². The van der Waals surface area contributed by atoms with Gasteiger partial charge in [-0.25, -0.2) is 0 Å². The second-order valence-electron chi connectivity index (χ2n) is 7.36. The Labute approximate surface area is 172 Å². The Bertz CT molecular complexity index is 840. The van der Waals surface area contributed by atoms with Gasteiger partial charge in [-0.15, -0.1) is 0 Å². The van der Waals surface area contributed by atoms with Gasteiger partial charge in [0, 0.05) is 31.6 Å². The van der Waals surface area contributed by atoms with Crippen molar-refractivity contribution in [1.82, 2.24) is 10.6 Å². The number of hydrogen-bond acceptors (Lipinski definition) is 3. The van der Waals surface area contributed by atoms with E-state index in [0.29, 0.717) is 13.1 Å². The molecule has 2 unspecified atom stereocenters. The zero-order valence-electron chi connectivity index (χ0n) is 17.4. The lowest BCUT2D eigenvalue weighted by Crippen LogP contribution is -2.41. The third-order valence-corrected chi connectivity index (χ3v) is 5.15. The number of anilines is 1. The van der Waals surface area contributed by atoms with Crippen LogP contribution < -0.4 is 20.7 Å². The van der Waals surface area contributed by atoms with Crippen molar-refractivity contribution in [2.24, 2.45) is 10.9 Å². The summed E-state index contributed by atoms with van der Waals surface area (Å²) in [5, 5.41) is 9.62. The molecule has 1 aliphatic rings. The maximum atomic E-state index is 12.1. The summed E-state index contributed by atoms with van der Waals surface area (Å²) < 4.78 is 5.96. The SMILES string of the molecule is CCC(C)C(=O)Nc1cccc(CNC(=NC)NCC2Cc3ccccc3O2)c1. The molecule has 0 aromatic heterocycles. The lowest BCUT2D eigenvalue weighted by Gasteiger charge is -2.16. The molecule has 6 heteroatoms. The molecule has 29 heavy (non-hydrogen) atoms. The van der Waals surface area contributed by atoms with Crippen LogP contribution >= 0.6 is 0 Å². The summed E-state index contributed by atoms with van der Waals surface area (Å²) in [7, 11) is 1.75. The highest BCUT2D eigenvalue weighted by Crippen LogP contribution is 2.27. The topological polar surface area (TPSA) is 74.8 Å². The van der Waals surface area contributed by atoms with Gasteiger partial charge in [-0.3, -0.25) is 9.79 Å². The predicted molar refractivity (Wildman–Crippen MR) is 117 cm³/mol. The van der Waals surface area contributed by atoms with Gasteiger partial charge in [0.25, 0.3) is 0 Å². The van der Waals surface area contributed by atoms with Crippen molar-refractivity contribution in [3.8, 4) is 5.75 Å². The van der Waals surface area contributed by atoms with Crippen LogP contribution in [0.1, 0.15) is 31.4 Å². The van der Waals surface area contributed by atoms with E-state index in [-0.39, 0.29) is 17.9 Å². The molecule has 0 radical (unpaired) electrons. The molecule has 0 bridgehead atoms. The van der Waals surface area contributed by atoms with E-state index in [1.54, 1.807) is 7.05 Å². The Morgan fingerprint density at radius 3 is 2.79 bits per heavy atom. The Morgan fingerprint density at radius 1 is 1.21 bits per heavy atom. The van der Waals surface area contributed by atoms with Crippen molar-refractivity contribution < 1.29 is 9.53 Å². The predicted octanol–water partition coefficient (Wildman–Crippen LogP) is 3.34. The summed E-state index contributed by atoms with van der Waals surface area (Å²) in [6.07, 6.45) is 1.83. The molecule has 2 aromatic rings. The maximum absolute atomic E-state index is 12.1. The number of rotatable bonds is 7. The molecule has 3 rings (SSSR count). The maximum Gasteiger partial charge on any atom is 0.227 e. The van der Waals surface area contributed by atoms with Gasteiger partial charge < -0.3 is 20.7 Å². The van der Waals surface area contributed by atoms with E-state index in [1.165, 1.54) is 5.56 Å². The van der Waals surface area contributed by atoms with E-state index in [2.05, 4.69) is 27.0 Å². The molecule has 6 nitrogen and oxygen atoms in total. The minimum Gasteiger partial charge on any atom is -0.488 e. The van der Waals surface area contributed by atoms with Gasteiger partial charge in [0.1, 0.15) is 11.9 Å². The van der Waals surface area contributed by atoms with E-state index < -0.39 is 0 Å². The normalized spacial score (nSPS) is 16.5. The first-order valence-electron chi connectivity index (χ1n) is 10.2. The number of hydrogen-bond donors (Lipinski definition) is 3. The van der Waals surface area contributed by atoms with Gasteiger partial charge in [-0.1, -0.05) is 44.2 Å². The number of carbonyl (C=O) groups is 1. The highest BCUT2D eigenvalue weighted by atomic mass is 16.5. The molecule has 3 N–H and O–H groups in total. The zero-order chi connectivity index (χ0) is 20.6. The lowest BCUT2D eigenvalue weighted by atomic mass is 10.1. The molecular formula is C23H30N4O2. The van der Waals surface area contributed by atoms with Crippen LogP contribution in [-0.2, 0) is 17.8 Å². The van der Waals surface area contributed by atoms with E-state index in [4.69, 9.17) is 4.74 Å². The van der Waals surface area contributed by atoms with Crippen molar-refractivity contribution in [2.45, 2.75) is 39.3 Å². The Balaban J connectivity index is 1.47. The Kier molecular flexibility index (Phi) is 7.11. The second-order valence-corrected chi connectivity index (χ2v) is 7.36. The number of nitrogens with one attached hydrogen (secondary N) is 3. The van der Waals surface area contributed by atoms with Crippen molar-refractivity contribution in [2.75, 3.05) is 18.9 Å². The summed E-state index contributed by atoms with van der Waals surface area (Å²) in [5.41, 5.74) is 3.13. The molecule has 1 aliphatic heterocycles. The molecule has 1 heterocycles. The molecule has 0 fully saturated rings. The van der Waals surface area contributed by atoms with Crippen molar-refractivity contribution in [1.29, 1.82) is 0 Å². The van der Waals surface area contributed by atoms with E-state index in [9.17, 15) is 4.79 Å². The third-order valence-electron chi connectivity index (χ3n) is 5.15. The van der Waals surface area contributed by atoms with E-state index in [1.807, 2.05) is 56.3 Å². The number of para-hydroxylation sites is 1. The highest BCUT2D eigenvalue weighted by Gasteiger charge is 2.22. The molecule has 0 aliphatic carbocycles. The third kappa shape index (κ3) is 5.73. The largest absolute Gasteiger partial charge is 0.488 e. The van der Waals surface area contributed by atoms with Crippen LogP contribution in [0.4, 0.5) is 5.69 Å². The number of aliphatic imine (C=N–C) groups is 1. The van der Waals surface area contributed by atoms with Crippen LogP contribution in [-0.4, -0.2) is 31.6 Å². The molecule has 0 spiro atoms. The number of amides is 1. The molecule has 0 saturated carbocycles. The minimum absolute atomic E-state index is 0.00347. The summed E-state index contributed by atoms with van der Waals surface area (Å²) in [4.78, 5) is 16.4. The van der Waals surface area contributed by atoms with E-state index in [0.717, 1.165) is 35.8 Å². The van der Waals surface area contributed by atoms with Crippen molar-refractivity contribution >= 4 is 17.6 Å². The number of nitrogens with zero attached hydrogens (tertiary/aromatic N) is 1. The average molecular weight is 395 g/mol. The Morgan fingerprint density at radius 2 is 2.03 bits per heavy atom. The molecule has 2 aromatic carbocycles. The molecule has 2 atom stereocenters. The Hall–Kier alpha value is -3.02. The van der Waals surface area contributed by atoms with Gasteiger partial charge in [-0.2, -0.15) is 0 Å². The van der Waals surface area contributed by atoms with E-state index >= 15 is 0 Å². The molecule has 154 valence electrons. The van der Waals surface area contributed by atoms with Crippen LogP contribution in [0.5, 0.6) is 5.75 Å². The summed E-state index contributed by atoms with van der Waals surface area (Å²) in [6.45, 7) is 5.24. The molecule has 0 saturated heterocycles. The number of ether oxygens (including phenoxy) is 1. The van der Waals surface area contributed by atoms with Crippen molar-refractivity contribution in [3.63, 3.8) is 0 Å². The lowest BCUT2D eigenvalue weighted by molar-refractivity contribution is -0.119. The van der Waals surface area contributed by atoms with Gasteiger partial charge in [-0.05, 0) is 35.7 Å². The molecular weight excluding hydrogens is 364 g/mol. The first-order chi connectivity index (χ1) is 14.1. The van der Waals surface area contributed by atoms with Crippen LogP contribution in [0.3, 0.4) is 0 Å². The summed E-state index contributed by atoms with van der Waals surface area (Å²) >= 11 is 0. The fraction of sp³-hybridized carbons (Fsp3) is 0.391. The van der Waals surface area contributed by atoms with Crippen molar-refractivity contribution in [3.05, 3.63) is 59.7 Å². The molecule has 1 amide bonds. The van der Waals surface area contributed by atoms with Crippen LogP contribution in [0.15, 0.2) is 53.5 Å².